The summed E-state index contributed by atoms with van der Waals surface area (Å²) in [5.41, 5.74) is 5.34. The normalized spacial score (nSPS) is 14.4. The Kier molecular flexibility index (Phi) is 6.83. The van der Waals surface area contributed by atoms with Crippen molar-refractivity contribution in [1.29, 1.82) is 0 Å². The lowest BCUT2D eigenvalue weighted by Crippen LogP contribution is -2.51. The molecule has 1 saturated heterocycles. The Balaban J connectivity index is 2.03. The molecular formula is C17H24N4O6. The highest BCUT2D eigenvalue weighted by Gasteiger charge is 2.25. The lowest BCUT2D eigenvalue weighted by Gasteiger charge is -2.34. The number of primary amides is 1. The van der Waals surface area contributed by atoms with Crippen molar-refractivity contribution in [2.75, 3.05) is 54.1 Å². The van der Waals surface area contributed by atoms with Gasteiger partial charge >= 0.3 is 6.03 Å². The number of nitrogens with zero attached hydrogens (tertiary/aromatic N) is 2. The van der Waals surface area contributed by atoms with Crippen LogP contribution in [0.15, 0.2) is 12.1 Å². The molecule has 148 valence electrons. The maximum absolute atomic E-state index is 12.8. The Morgan fingerprint density at radius 3 is 2.00 bits per heavy atom. The number of hydrogen-bond donors (Lipinski definition) is 2. The van der Waals surface area contributed by atoms with Gasteiger partial charge in [-0.15, -0.1) is 0 Å². The summed E-state index contributed by atoms with van der Waals surface area (Å²) in [6.45, 7) is 1.94. The Bertz CT molecular complexity index is 690. The summed E-state index contributed by atoms with van der Waals surface area (Å²) in [4.78, 5) is 38.6. The maximum atomic E-state index is 12.8. The number of imide groups is 1. The van der Waals surface area contributed by atoms with E-state index in [0.717, 1.165) is 0 Å². The van der Waals surface area contributed by atoms with Crippen LogP contribution in [0.4, 0.5) is 4.79 Å². The molecule has 0 aromatic heterocycles. The number of benzene rings is 1. The van der Waals surface area contributed by atoms with Gasteiger partial charge in [0.2, 0.25) is 11.7 Å². The molecule has 0 aliphatic carbocycles. The van der Waals surface area contributed by atoms with E-state index >= 15 is 0 Å². The third kappa shape index (κ3) is 5.00. The van der Waals surface area contributed by atoms with Gasteiger partial charge in [0.05, 0.1) is 27.9 Å². The summed E-state index contributed by atoms with van der Waals surface area (Å²) in [5.74, 6) is 0.591. The third-order valence-electron chi connectivity index (χ3n) is 4.20. The van der Waals surface area contributed by atoms with Crippen molar-refractivity contribution in [2.24, 2.45) is 5.73 Å². The second-order valence-electron chi connectivity index (χ2n) is 5.89. The minimum absolute atomic E-state index is 0.0507. The molecular weight excluding hydrogens is 356 g/mol. The van der Waals surface area contributed by atoms with E-state index in [-0.39, 0.29) is 12.5 Å². The molecule has 0 bridgehead atoms. The first-order chi connectivity index (χ1) is 12.9. The first-order valence-electron chi connectivity index (χ1n) is 8.30. The minimum atomic E-state index is -0.879. The van der Waals surface area contributed by atoms with E-state index in [4.69, 9.17) is 19.9 Å². The smallest absolute Gasteiger partial charge is 0.318 e. The molecule has 1 aliphatic rings. The predicted molar refractivity (Wildman–Crippen MR) is 96.2 cm³/mol. The van der Waals surface area contributed by atoms with Gasteiger partial charge in [-0.1, -0.05) is 0 Å². The molecule has 1 aromatic rings. The molecule has 3 N–H and O–H groups in total. The van der Waals surface area contributed by atoms with Crippen LogP contribution in [0.25, 0.3) is 0 Å². The highest BCUT2D eigenvalue weighted by atomic mass is 16.5. The number of carbonyl (C=O) groups excluding carboxylic acids is 3. The fraction of sp³-hybridized carbons (Fsp3) is 0.471. The second kappa shape index (κ2) is 9.08. The van der Waals surface area contributed by atoms with Crippen LogP contribution in [0, 0.1) is 0 Å². The Labute approximate surface area is 157 Å². The quantitative estimate of drug-likeness (QED) is 0.692. The SMILES string of the molecule is COc1cc(C(=O)N2CCN(CC(=O)NC(N)=O)CC2)cc(OC)c1OC. The summed E-state index contributed by atoms with van der Waals surface area (Å²) in [6, 6.07) is 2.34. The molecule has 0 spiro atoms. The number of hydrogen-bond acceptors (Lipinski definition) is 7. The molecule has 10 heteroatoms. The summed E-state index contributed by atoms with van der Waals surface area (Å²) in [5, 5.41) is 2.02. The first kappa shape index (κ1) is 20.3. The van der Waals surface area contributed by atoms with Gasteiger partial charge in [0.15, 0.2) is 11.5 Å². The zero-order chi connectivity index (χ0) is 20.0. The molecule has 0 radical (unpaired) electrons. The van der Waals surface area contributed by atoms with E-state index in [1.807, 2.05) is 10.2 Å². The molecule has 10 nitrogen and oxygen atoms in total. The van der Waals surface area contributed by atoms with Crippen molar-refractivity contribution in [2.45, 2.75) is 0 Å². The van der Waals surface area contributed by atoms with Crippen molar-refractivity contribution in [3.05, 3.63) is 17.7 Å². The van der Waals surface area contributed by atoms with Crippen LogP contribution >= 0.6 is 0 Å². The number of piperazine rings is 1. The van der Waals surface area contributed by atoms with Crippen LogP contribution in [0.3, 0.4) is 0 Å². The molecule has 1 aromatic carbocycles. The van der Waals surface area contributed by atoms with Crippen molar-refractivity contribution in [1.82, 2.24) is 15.1 Å². The molecule has 0 saturated carbocycles. The van der Waals surface area contributed by atoms with Gasteiger partial charge in [0, 0.05) is 31.7 Å². The molecule has 4 amide bonds. The van der Waals surface area contributed by atoms with Crippen LogP contribution in [-0.2, 0) is 4.79 Å². The summed E-state index contributed by atoms with van der Waals surface area (Å²) in [6.07, 6.45) is 0. The Hall–Kier alpha value is -3.01. The van der Waals surface area contributed by atoms with Crippen LogP contribution < -0.4 is 25.3 Å². The van der Waals surface area contributed by atoms with Crippen molar-refractivity contribution >= 4 is 17.8 Å². The molecule has 2 rings (SSSR count). The van der Waals surface area contributed by atoms with Crippen molar-refractivity contribution < 1.29 is 28.6 Å². The van der Waals surface area contributed by atoms with Crippen LogP contribution in [0.2, 0.25) is 0 Å². The number of urea groups is 1. The molecule has 1 fully saturated rings. The zero-order valence-corrected chi connectivity index (χ0v) is 15.6. The highest BCUT2D eigenvalue weighted by molar-refractivity contribution is 5.96. The van der Waals surface area contributed by atoms with Gasteiger partial charge in [-0.25, -0.2) is 4.79 Å². The van der Waals surface area contributed by atoms with Crippen LogP contribution in [0.1, 0.15) is 10.4 Å². The van der Waals surface area contributed by atoms with Gasteiger partial charge in [-0.05, 0) is 12.1 Å². The summed E-state index contributed by atoms with van der Waals surface area (Å²) in [7, 11) is 4.47. The number of amides is 4. The highest BCUT2D eigenvalue weighted by Crippen LogP contribution is 2.38. The van der Waals surface area contributed by atoms with Crippen LogP contribution in [-0.4, -0.2) is 81.7 Å². The van der Waals surface area contributed by atoms with E-state index in [2.05, 4.69) is 0 Å². The predicted octanol–water partition coefficient (Wildman–Crippen LogP) is -0.335. The monoisotopic (exact) mass is 380 g/mol. The maximum Gasteiger partial charge on any atom is 0.318 e. The Morgan fingerprint density at radius 2 is 1.56 bits per heavy atom. The van der Waals surface area contributed by atoms with Gasteiger partial charge < -0.3 is 24.8 Å². The molecule has 1 aliphatic heterocycles. The number of methoxy groups -OCH3 is 3. The number of nitrogens with one attached hydrogen (secondary N) is 1. The number of ether oxygens (including phenoxy) is 3. The van der Waals surface area contributed by atoms with E-state index in [9.17, 15) is 14.4 Å². The van der Waals surface area contributed by atoms with Crippen molar-refractivity contribution in [3.63, 3.8) is 0 Å². The molecule has 0 atom stereocenters. The van der Waals surface area contributed by atoms with E-state index in [1.165, 1.54) is 21.3 Å². The van der Waals surface area contributed by atoms with E-state index in [0.29, 0.717) is 49.0 Å². The zero-order valence-electron chi connectivity index (χ0n) is 15.6. The van der Waals surface area contributed by atoms with Gasteiger partial charge in [0.1, 0.15) is 0 Å². The molecule has 0 unspecified atom stereocenters. The average Bonchev–Trinajstić information content (AvgIpc) is 2.66. The standard InChI is InChI=1S/C17H24N4O6/c1-25-12-8-11(9-13(26-2)15(12)27-3)16(23)21-6-4-20(5-7-21)10-14(22)19-17(18)24/h8-9H,4-7,10H2,1-3H3,(H3,18,19,22,24). The first-order valence-corrected chi connectivity index (χ1v) is 8.30. The van der Waals surface area contributed by atoms with Gasteiger partial charge in [0.25, 0.3) is 5.91 Å². The fourth-order valence-corrected chi connectivity index (χ4v) is 2.88. The Morgan fingerprint density at radius 1 is 1.00 bits per heavy atom. The lowest BCUT2D eigenvalue weighted by atomic mass is 10.1. The summed E-state index contributed by atoms with van der Waals surface area (Å²) >= 11 is 0. The minimum Gasteiger partial charge on any atom is -0.493 e. The molecule has 1 heterocycles. The lowest BCUT2D eigenvalue weighted by molar-refractivity contribution is -0.121. The van der Waals surface area contributed by atoms with E-state index < -0.39 is 11.9 Å². The number of carbonyl (C=O) groups is 3. The number of rotatable bonds is 6. The number of nitrogens with two attached hydrogens (primary N) is 1. The van der Waals surface area contributed by atoms with Gasteiger partial charge in [-0.2, -0.15) is 0 Å². The van der Waals surface area contributed by atoms with Crippen molar-refractivity contribution in [3.8, 4) is 17.2 Å². The van der Waals surface area contributed by atoms with E-state index in [1.54, 1.807) is 17.0 Å². The van der Waals surface area contributed by atoms with Gasteiger partial charge in [-0.3, -0.25) is 19.8 Å². The van der Waals surface area contributed by atoms with Crippen LogP contribution in [0.5, 0.6) is 17.2 Å². The third-order valence-corrected chi connectivity index (χ3v) is 4.20. The second-order valence-corrected chi connectivity index (χ2v) is 5.89. The summed E-state index contributed by atoms with van der Waals surface area (Å²) < 4.78 is 15.8. The largest absolute Gasteiger partial charge is 0.493 e. The average molecular weight is 380 g/mol. The fourth-order valence-electron chi connectivity index (χ4n) is 2.88. The molecule has 27 heavy (non-hydrogen) atoms. The topological polar surface area (TPSA) is 123 Å².